The number of aromatic amines is 1. The van der Waals surface area contributed by atoms with E-state index in [1.54, 1.807) is 6.20 Å². The summed E-state index contributed by atoms with van der Waals surface area (Å²) in [5, 5.41) is 5.38. The average molecular weight is 226 g/mol. The number of hydrogen-bond acceptors (Lipinski definition) is 2. The summed E-state index contributed by atoms with van der Waals surface area (Å²) in [7, 11) is 1.94. The highest BCUT2D eigenvalue weighted by Gasteiger charge is 2.07. The second kappa shape index (κ2) is 3.73. The van der Waals surface area contributed by atoms with Crippen LogP contribution in [0.25, 0.3) is 22.3 Å². The summed E-state index contributed by atoms with van der Waals surface area (Å²) in [5.41, 5.74) is 4.44. The molecule has 0 saturated carbocycles. The Hall–Kier alpha value is -2.10. The lowest BCUT2D eigenvalue weighted by Gasteiger charge is -2.02. The van der Waals surface area contributed by atoms with Gasteiger partial charge in [-0.25, -0.2) is 4.98 Å². The zero-order chi connectivity index (χ0) is 11.8. The number of rotatable bonds is 2. The first-order chi connectivity index (χ1) is 8.29. The van der Waals surface area contributed by atoms with Crippen LogP contribution in [-0.4, -0.2) is 19.7 Å². The van der Waals surface area contributed by atoms with Crippen molar-refractivity contribution in [3.63, 3.8) is 0 Å². The van der Waals surface area contributed by atoms with Crippen molar-refractivity contribution >= 4 is 11.0 Å². The van der Waals surface area contributed by atoms with Crippen LogP contribution in [0.2, 0.25) is 0 Å². The lowest BCUT2D eigenvalue weighted by Crippen LogP contribution is -1.93. The number of aryl methyl sites for hydroxylation is 2. The minimum Gasteiger partial charge on any atom is -0.346 e. The van der Waals surface area contributed by atoms with Crippen LogP contribution in [0.1, 0.15) is 12.5 Å². The maximum absolute atomic E-state index is 4.45. The second-order valence-electron chi connectivity index (χ2n) is 4.13. The SMILES string of the molecule is CCc1c[nH]c2ncc(-c3ccnn3C)cc12. The van der Waals surface area contributed by atoms with Gasteiger partial charge in [0.15, 0.2) is 0 Å². The van der Waals surface area contributed by atoms with E-state index in [9.17, 15) is 0 Å². The van der Waals surface area contributed by atoms with E-state index in [-0.39, 0.29) is 0 Å². The summed E-state index contributed by atoms with van der Waals surface area (Å²) in [5.74, 6) is 0. The predicted octanol–water partition coefficient (Wildman–Crippen LogP) is 2.53. The van der Waals surface area contributed by atoms with E-state index in [1.165, 1.54) is 10.9 Å². The molecule has 0 aromatic carbocycles. The molecule has 17 heavy (non-hydrogen) atoms. The Labute approximate surface area is 99.3 Å². The summed E-state index contributed by atoms with van der Waals surface area (Å²) in [6, 6.07) is 4.18. The molecular weight excluding hydrogens is 212 g/mol. The minimum absolute atomic E-state index is 0.952. The lowest BCUT2D eigenvalue weighted by atomic mass is 10.1. The zero-order valence-electron chi connectivity index (χ0n) is 9.94. The molecule has 3 rings (SSSR count). The molecule has 1 N–H and O–H groups in total. The molecule has 0 bridgehead atoms. The molecule has 0 aliphatic heterocycles. The van der Waals surface area contributed by atoms with Gasteiger partial charge in [-0.15, -0.1) is 0 Å². The zero-order valence-corrected chi connectivity index (χ0v) is 9.94. The number of aromatic nitrogens is 4. The Morgan fingerprint density at radius 1 is 1.41 bits per heavy atom. The Kier molecular flexibility index (Phi) is 2.21. The Morgan fingerprint density at radius 3 is 3.00 bits per heavy atom. The molecule has 3 aromatic heterocycles. The molecule has 3 heterocycles. The molecule has 0 unspecified atom stereocenters. The van der Waals surface area contributed by atoms with Gasteiger partial charge in [-0.1, -0.05) is 6.92 Å². The smallest absolute Gasteiger partial charge is 0.137 e. The number of nitrogens with zero attached hydrogens (tertiary/aromatic N) is 3. The Morgan fingerprint density at radius 2 is 2.29 bits per heavy atom. The van der Waals surface area contributed by atoms with E-state index in [0.717, 1.165) is 23.3 Å². The molecule has 0 saturated heterocycles. The van der Waals surface area contributed by atoms with Crippen molar-refractivity contribution in [1.29, 1.82) is 0 Å². The van der Waals surface area contributed by atoms with Gasteiger partial charge in [-0.3, -0.25) is 4.68 Å². The molecule has 0 radical (unpaired) electrons. The minimum atomic E-state index is 0.952. The summed E-state index contributed by atoms with van der Waals surface area (Å²) in [6.45, 7) is 2.15. The topological polar surface area (TPSA) is 46.5 Å². The van der Waals surface area contributed by atoms with Crippen LogP contribution < -0.4 is 0 Å². The lowest BCUT2D eigenvalue weighted by molar-refractivity contribution is 0.775. The van der Waals surface area contributed by atoms with Crippen LogP contribution in [-0.2, 0) is 13.5 Å². The van der Waals surface area contributed by atoms with E-state index >= 15 is 0 Å². The largest absolute Gasteiger partial charge is 0.346 e. The summed E-state index contributed by atoms with van der Waals surface area (Å²) in [4.78, 5) is 7.64. The predicted molar refractivity (Wildman–Crippen MR) is 67.7 cm³/mol. The monoisotopic (exact) mass is 226 g/mol. The Balaban J connectivity index is 2.22. The van der Waals surface area contributed by atoms with Gasteiger partial charge in [0.1, 0.15) is 5.65 Å². The van der Waals surface area contributed by atoms with Crippen LogP contribution >= 0.6 is 0 Å². The Bertz CT molecular complexity index is 663. The molecule has 4 nitrogen and oxygen atoms in total. The van der Waals surface area contributed by atoms with Crippen molar-refractivity contribution in [3.8, 4) is 11.3 Å². The normalized spacial score (nSPS) is 11.2. The first kappa shape index (κ1) is 10.1. The van der Waals surface area contributed by atoms with Gasteiger partial charge < -0.3 is 4.98 Å². The molecule has 4 heteroatoms. The summed E-state index contributed by atoms with van der Waals surface area (Å²) in [6.07, 6.45) is 6.73. The van der Waals surface area contributed by atoms with E-state index in [4.69, 9.17) is 0 Å². The molecule has 0 spiro atoms. The van der Waals surface area contributed by atoms with Crippen LogP contribution in [0.3, 0.4) is 0 Å². The summed E-state index contributed by atoms with van der Waals surface area (Å²) < 4.78 is 1.86. The van der Waals surface area contributed by atoms with Gasteiger partial charge in [0.2, 0.25) is 0 Å². The molecule has 0 amide bonds. The highest BCUT2D eigenvalue weighted by atomic mass is 15.3. The van der Waals surface area contributed by atoms with Crippen LogP contribution in [0.15, 0.2) is 30.7 Å². The number of hydrogen-bond donors (Lipinski definition) is 1. The van der Waals surface area contributed by atoms with E-state index in [0.29, 0.717) is 0 Å². The standard InChI is InChI=1S/C13H14N4/c1-3-9-7-14-13-11(9)6-10(8-15-13)12-4-5-16-17(12)2/h4-8H,3H2,1-2H3,(H,14,15). The third-order valence-electron chi connectivity index (χ3n) is 3.11. The molecule has 0 aliphatic carbocycles. The maximum atomic E-state index is 4.45. The molecule has 0 atom stereocenters. The number of H-pyrrole nitrogens is 1. The highest BCUT2D eigenvalue weighted by Crippen LogP contribution is 2.24. The highest BCUT2D eigenvalue weighted by molar-refractivity contribution is 5.84. The molecular formula is C13H14N4. The van der Waals surface area contributed by atoms with Gasteiger partial charge in [0, 0.05) is 36.6 Å². The van der Waals surface area contributed by atoms with Crippen molar-refractivity contribution in [2.24, 2.45) is 7.05 Å². The van der Waals surface area contributed by atoms with Gasteiger partial charge in [0.05, 0.1) is 5.69 Å². The van der Waals surface area contributed by atoms with Crippen LogP contribution in [0.4, 0.5) is 0 Å². The van der Waals surface area contributed by atoms with Crippen LogP contribution in [0.5, 0.6) is 0 Å². The molecule has 86 valence electrons. The fourth-order valence-corrected chi connectivity index (χ4v) is 2.15. The number of nitrogens with one attached hydrogen (secondary N) is 1. The van der Waals surface area contributed by atoms with Crippen LogP contribution in [0, 0.1) is 0 Å². The van der Waals surface area contributed by atoms with Crippen molar-refractivity contribution in [2.75, 3.05) is 0 Å². The van der Waals surface area contributed by atoms with E-state index < -0.39 is 0 Å². The van der Waals surface area contributed by atoms with E-state index in [2.05, 4.69) is 28.1 Å². The number of pyridine rings is 1. The van der Waals surface area contributed by atoms with Gasteiger partial charge in [0.25, 0.3) is 0 Å². The fraction of sp³-hybridized carbons (Fsp3) is 0.231. The quantitative estimate of drug-likeness (QED) is 0.729. The van der Waals surface area contributed by atoms with E-state index in [1.807, 2.05) is 30.2 Å². The molecule has 0 fully saturated rings. The van der Waals surface area contributed by atoms with Gasteiger partial charge in [-0.05, 0) is 24.1 Å². The summed E-state index contributed by atoms with van der Waals surface area (Å²) >= 11 is 0. The fourth-order valence-electron chi connectivity index (χ4n) is 2.15. The first-order valence-electron chi connectivity index (χ1n) is 5.74. The third kappa shape index (κ3) is 1.53. The molecule has 0 aliphatic rings. The molecule has 3 aromatic rings. The van der Waals surface area contributed by atoms with Crippen molar-refractivity contribution in [3.05, 3.63) is 36.3 Å². The van der Waals surface area contributed by atoms with Crippen molar-refractivity contribution < 1.29 is 0 Å². The average Bonchev–Trinajstić information content (AvgIpc) is 2.93. The second-order valence-corrected chi connectivity index (χ2v) is 4.13. The number of fused-ring (bicyclic) bond motifs is 1. The first-order valence-corrected chi connectivity index (χ1v) is 5.74. The van der Waals surface area contributed by atoms with Crippen molar-refractivity contribution in [2.45, 2.75) is 13.3 Å². The van der Waals surface area contributed by atoms with Gasteiger partial charge >= 0.3 is 0 Å². The van der Waals surface area contributed by atoms with Gasteiger partial charge in [-0.2, -0.15) is 5.10 Å². The third-order valence-corrected chi connectivity index (χ3v) is 3.11. The maximum Gasteiger partial charge on any atom is 0.137 e. The van der Waals surface area contributed by atoms with Crippen molar-refractivity contribution in [1.82, 2.24) is 19.7 Å².